The van der Waals surface area contributed by atoms with Crippen LogP contribution in [0.25, 0.3) is 0 Å². The Balaban J connectivity index is 2.31. The molecule has 0 atom stereocenters. The van der Waals surface area contributed by atoms with Crippen LogP contribution < -0.4 is 5.32 Å². The first-order valence-electron chi connectivity index (χ1n) is 5.92. The van der Waals surface area contributed by atoms with Crippen molar-refractivity contribution in [2.24, 2.45) is 0 Å². The summed E-state index contributed by atoms with van der Waals surface area (Å²) in [7, 11) is 0. The summed E-state index contributed by atoms with van der Waals surface area (Å²) in [5, 5.41) is 2.66. The second-order valence-corrected chi connectivity index (χ2v) is 4.79. The minimum absolute atomic E-state index is 0.134. The zero-order chi connectivity index (χ0) is 13.4. The van der Waals surface area contributed by atoms with Crippen molar-refractivity contribution in [3.8, 4) is 0 Å². The summed E-state index contributed by atoms with van der Waals surface area (Å²) in [4.78, 5) is 11.5. The monoisotopic (exact) mass is 317 g/mol. The third-order valence-electron chi connectivity index (χ3n) is 2.31. The second-order valence-electron chi connectivity index (χ2n) is 3.87. The van der Waals surface area contributed by atoms with Gasteiger partial charge in [0.1, 0.15) is 5.82 Å². The molecule has 0 aliphatic heterocycles. The van der Waals surface area contributed by atoms with Crippen molar-refractivity contribution < 1.29 is 13.9 Å². The third kappa shape index (κ3) is 5.60. The summed E-state index contributed by atoms with van der Waals surface area (Å²) in [5.41, 5.74) is 0.465. The van der Waals surface area contributed by atoms with Crippen molar-refractivity contribution in [3.63, 3.8) is 0 Å². The minimum atomic E-state index is -0.319. The molecule has 1 rings (SSSR count). The lowest BCUT2D eigenvalue weighted by molar-refractivity contribution is -0.122. The van der Waals surface area contributed by atoms with Crippen LogP contribution in [-0.2, 0) is 16.1 Å². The van der Waals surface area contributed by atoms with E-state index in [4.69, 9.17) is 4.74 Å². The van der Waals surface area contributed by atoms with E-state index in [1.54, 1.807) is 12.1 Å². The molecule has 0 spiro atoms. The smallest absolute Gasteiger partial charge is 0.222 e. The topological polar surface area (TPSA) is 38.3 Å². The Kier molecular flexibility index (Phi) is 6.90. The van der Waals surface area contributed by atoms with Crippen LogP contribution in [0.2, 0.25) is 0 Å². The van der Waals surface area contributed by atoms with Gasteiger partial charge in [-0.05, 0) is 24.6 Å². The van der Waals surface area contributed by atoms with Gasteiger partial charge in [-0.3, -0.25) is 4.79 Å². The van der Waals surface area contributed by atoms with Gasteiger partial charge in [-0.15, -0.1) is 0 Å². The van der Waals surface area contributed by atoms with Crippen molar-refractivity contribution in [1.82, 2.24) is 5.32 Å². The molecular formula is C13H17BrFNO2. The molecule has 0 unspecified atom stereocenters. The summed E-state index contributed by atoms with van der Waals surface area (Å²) in [6, 6.07) is 4.65. The quantitative estimate of drug-likeness (QED) is 0.785. The van der Waals surface area contributed by atoms with Gasteiger partial charge < -0.3 is 10.1 Å². The van der Waals surface area contributed by atoms with Gasteiger partial charge in [-0.1, -0.05) is 22.9 Å². The highest BCUT2D eigenvalue weighted by molar-refractivity contribution is 9.10. The number of carbonyl (C=O) groups is 1. The van der Waals surface area contributed by atoms with Crippen molar-refractivity contribution in [3.05, 3.63) is 34.1 Å². The average molecular weight is 318 g/mol. The number of benzene rings is 1. The second kappa shape index (κ2) is 8.21. The molecular weight excluding hydrogens is 301 g/mol. The fourth-order valence-corrected chi connectivity index (χ4v) is 1.78. The highest BCUT2D eigenvalue weighted by Crippen LogP contribution is 2.15. The van der Waals surface area contributed by atoms with Gasteiger partial charge >= 0.3 is 0 Å². The fraction of sp³-hybridized carbons (Fsp3) is 0.462. The number of hydrogen-bond donors (Lipinski definition) is 1. The van der Waals surface area contributed by atoms with Gasteiger partial charge in [-0.25, -0.2) is 4.39 Å². The van der Waals surface area contributed by atoms with E-state index in [1.165, 1.54) is 6.07 Å². The first-order chi connectivity index (χ1) is 8.63. The van der Waals surface area contributed by atoms with Crippen LogP contribution in [0.1, 0.15) is 25.3 Å². The van der Waals surface area contributed by atoms with Crippen LogP contribution in [0.3, 0.4) is 0 Å². The van der Waals surface area contributed by atoms with Crippen LogP contribution in [0.4, 0.5) is 4.39 Å². The summed E-state index contributed by atoms with van der Waals surface area (Å²) in [6.45, 7) is 3.27. The Hall–Kier alpha value is -0.940. The Morgan fingerprint density at radius 1 is 1.44 bits per heavy atom. The van der Waals surface area contributed by atoms with Crippen LogP contribution in [0, 0.1) is 5.82 Å². The predicted molar refractivity (Wildman–Crippen MR) is 71.7 cm³/mol. The van der Waals surface area contributed by atoms with Crippen molar-refractivity contribution in [1.29, 1.82) is 0 Å². The van der Waals surface area contributed by atoms with Gasteiger partial charge in [0.2, 0.25) is 5.91 Å². The van der Waals surface area contributed by atoms with Crippen LogP contribution in [0.5, 0.6) is 0 Å². The molecule has 0 radical (unpaired) electrons. The SMILES string of the molecule is CCCOCCC(=O)NCc1cc(Br)ccc1F. The van der Waals surface area contributed by atoms with Crippen LogP contribution in [0.15, 0.2) is 22.7 Å². The molecule has 1 aromatic carbocycles. The summed E-state index contributed by atoms with van der Waals surface area (Å²) < 4.78 is 19.4. The highest BCUT2D eigenvalue weighted by Gasteiger charge is 2.05. The normalized spacial score (nSPS) is 10.4. The first-order valence-corrected chi connectivity index (χ1v) is 6.71. The largest absolute Gasteiger partial charge is 0.381 e. The molecule has 0 fully saturated rings. The molecule has 100 valence electrons. The van der Waals surface area contributed by atoms with Crippen molar-refractivity contribution in [2.75, 3.05) is 13.2 Å². The minimum Gasteiger partial charge on any atom is -0.381 e. The zero-order valence-corrected chi connectivity index (χ0v) is 11.9. The van der Waals surface area contributed by atoms with Gasteiger partial charge in [0.15, 0.2) is 0 Å². The zero-order valence-electron chi connectivity index (χ0n) is 10.3. The molecule has 0 saturated heterocycles. The lowest BCUT2D eigenvalue weighted by Gasteiger charge is -2.07. The molecule has 0 aliphatic rings. The molecule has 0 aromatic heterocycles. The maximum atomic E-state index is 13.4. The van der Waals surface area contributed by atoms with Crippen molar-refractivity contribution in [2.45, 2.75) is 26.3 Å². The average Bonchev–Trinajstić information content (AvgIpc) is 2.36. The Labute approximate surface area is 115 Å². The Morgan fingerprint density at radius 2 is 2.22 bits per heavy atom. The van der Waals surface area contributed by atoms with E-state index in [2.05, 4.69) is 21.2 Å². The van der Waals surface area contributed by atoms with Crippen LogP contribution in [-0.4, -0.2) is 19.1 Å². The Morgan fingerprint density at radius 3 is 2.94 bits per heavy atom. The summed E-state index contributed by atoms with van der Waals surface area (Å²) >= 11 is 3.26. The molecule has 18 heavy (non-hydrogen) atoms. The Bertz CT molecular complexity index is 399. The molecule has 1 amide bonds. The van der Waals surface area contributed by atoms with Crippen molar-refractivity contribution >= 4 is 21.8 Å². The number of carbonyl (C=O) groups excluding carboxylic acids is 1. The number of nitrogens with one attached hydrogen (secondary N) is 1. The van der Waals surface area contributed by atoms with E-state index < -0.39 is 0 Å². The number of ether oxygens (including phenoxy) is 1. The van der Waals surface area contributed by atoms with E-state index in [0.717, 1.165) is 10.9 Å². The molecule has 1 N–H and O–H groups in total. The van der Waals surface area contributed by atoms with E-state index in [9.17, 15) is 9.18 Å². The standard InChI is InChI=1S/C13H17BrFNO2/c1-2-6-18-7-5-13(17)16-9-10-8-11(14)3-4-12(10)15/h3-4,8H,2,5-7,9H2,1H3,(H,16,17). The molecule has 0 bridgehead atoms. The molecule has 0 heterocycles. The van der Waals surface area contributed by atoms with Gasteiger partial charge in [0.25, 0.3) is 0 Å². The first kappa shape index (κ1) is 15.1. The maximum absolute atomic E-state index is 13.4. The molecule has 0 saturated carbocycles. The third-order valence-corrected chi connectivity index (χ3v) is 2.80. The van der Waals surface area contributed by atoms with Crippen LogP contribution >= 0.6 is 15.9 Å². The van der Waals surface area contributed by atoms with E-state index in [-0.39, 0.29) is 18.3 Å². The van der Waals surface area contributed by atoms with E-state index in [1.807, 2.05) is 6.92 Å². The number of rotatable bonds is 7. The molecule has 3 nitrogen and oxygen atoms in total. The van der Waals surface area contributed by atoms with Gasteiger partial charge in [0, 0.05) is 29.6 Å². The van der Waals surface area contributed by atoms with Gasteiger partial charge in [-0.2, -0.15) is 0 Å². The molecule has 1 aromatic rings. The van der Waals surface area contributed by atoms with Gasteiger partial charge in [0.05, 0.1) is 6.61 Å². The summed E-state index contributed by atoms with van der Waals surface area (Å²) in [5.74, 6) is -0.453. The number of hydrogen-bond acceptors (Lipinski definition) is 2. The van der Waals surface area contributed by atoms with E-state index in [0.29, 0.717) is 25.2 Å². The lowest BCUT2D eigenvalue weighted by atomic mass is 10.2. The number of amides is 1. The maximum Gasteiger partial charge on any atom is 0.222 e. The highest BCUT2D eigenvalue weighted by atomic mass is 79.9. The lowest BCUT2D eigenvalue weighted by Crippen LogP contribution is -2.24. The summed E-state index contributed by atoms with van der Waals surface area (Å²) in [6.07, 6.45) is 1.24. The molecule has 5 heteroatoms. The fourth-order valence-electron chi connectivity index (χ4n) is 1.37. The van der Waals surface area contributed by atoms with E-state index >= 15 is 0 Å². The predicted octanol–water partition coefficient (Wildman–Crippen LogP) is 3.02. The molecule has 0 aliphatic carbocycles. The number of halogens is 2.